The Kier molecular flexibility index (Phi) is 6.53. The number of aryl methyl sites for hydroxylation is 1. The van der Waals surface area contributed by atoms with Gasteiger partial charge in [-0.2, -0.15) is 5.10 Å². The highest BCUT2D eigenvalue weighted by Gasteiger charge is 2.28. The lowest BCUT2D eigenvalue weighted by Crippen LogP contribution is -2.53. The minimum Gasteiger partial charge on any atom is -0.491 e. The van der Waals surface area contributed by atoms with Crippen LogP contribution < -0.4 is 20.7 Å². The van der Waals surface area contributed by atoms with Crippen LogP contribution in [0.25, 0.3) is 0 Å². The second kappa shape index (κ2) is 9.09. The van der Waals surface area contributed by atoms with Crippen LogP contribution in [0.15, 0.2) is 30.3 Å². The van der Waals surface area contributed by atoms with E-state index >= 15 is 0 Å². The van der Waals surface area contributed by atoms with Crippen molar-refractivity contribution in [2.24, 2.45) is 0 Å². The third-order valence-electron chi connectivity index (χ3n) is 4.59. The number of hydrogen-bond donors (Lipinski definition) is 3. The Balaban J connectivity index is 1.75. The summed E-state index contributed by atoms with van der Waals surface area (Å²) >= 11 is 0. The summed E-state index contributed by atoms with van der Waals surface area (Å²) in [5, 5.41) is 13.6. The van der Waals surface area contributed by atoms with Crippen LogP contribution in [0.2, 0.25) is 0 Å². The molecule has 2 atom stereocenters. The molecule has 1 saturated heterocycles. The molecule has 1 aliphatic heterocycles. The molecule has 3 N–H and O–H groups in total. The van der Waals surface area contributed by atoms with Crippen molar-refractivity contribution in [2.45, 2.75) is 65.4 Å². The van der Waals surface area contributed by atoms with Gasteiger partial charge in [0.25, 0.3) is 5.91 Å². The summed E-state index contributed by atoms with van der Waals surface area (Å²) in [5.74, 6) is 0.950. The van der Waals surface area contributed by atoms with Gasteiger partial charge in [-0.3, -0.25) is 14.9 Å². The van der Waals surface area contributed by atoms with Crippen molar-refractivity contribution in [3.8, 4) is 5.75 Å². The van der Waals surface area contributed by atoms with Gasteiger partial charge in [-0.25, -0.2) is 4.68 Å². The van der Waals surface area contributed by atoms with Gasteiger partial charge < -0.3 is 15.4 Å². The lowest BCUT2D eigenvalue weighted by molar-refractivity contribution is -0.125. The zero-order chi connectivity index (χ0) is 21.0. The molecule has 1 fully saturated rings. The van der Waals surface area contributed by atoms with Crippen LogP contribution in [0.3, 0.4) is 0 Å². The maximum atomic E-state index is 12.7. The number of anilines is 1. The summed E-state index contributed by atoms with van der Waals surface area (Å²) in [6.07, 6.45) is 1.89. The summed E-state index contributed by atoms with van der Waals surface area (Å²) < 4.78 is 7.23. The van der Waals surface area contributed by atoms with E-state index in [1.165, 1.54) is 0 Å². The Hall–Kier alpha value is -2.87. The second-order valence-corrected chi connectivity index (χ2v) is 7.59. The van der Waals surface area contributed by atoms with Crippen molar-refractivity contribution in [2.75, 3.05) is 5.32 Å². The van der Waals surface area contributed by atoms with Crippen molar-refractivity contribution in [1.29, 1.82) is 0 Å². The molecule has 0 saturated carbocycles. The molecule has 0 radical (unpaired) electrons. The Morgan fingerprint density at radius 3 is 2.72 bits per heavy atom. The summed E-state index contributed by atoms with van der Waals surface area (Å²) in [7, 11) is 0. The van der Waals surface area contributed by atoms with Crippen LogP contribution in [-0.4, -0.2) is 33.7 Å². The SMILES string of the molecule is CCCC1CC(=O)NC(n2nc(C)cc2NC(=O)c2ccc(OC(C)C)cc2)N1. The normalized spacial score (nSPS) is 19.1. The Morgan fingerprint density at radius 1 is 1.34 bits per heavy atom. The van der Waals surface area contributed by atoms with Crippen molar-refractivity contribution in [1.82, 2.24) is 20.4 Å². The van der Waals surface area contributed by atoms with Gasteiger partial charge in [0, 0.05) is 24.1 Å². The Labute approximate surface area is 171 Å². The molecule has 2 amide bonds. The van der Waals surface area contributed by atoms with E-state index in [1.54, 1.807) is 35.0 Å². The molecule has 156 valence electrons. The molecule has 1 aliphatic rings. The number of amides is 2. The number of carbonyl (C=O) groups excluding carboxylic acids is 2. The highest BCUT2D eigenvalue weighted by atomic mass is 16.5. The standard InChI is InChI=1S/C21H29N5O3/c1-5-6-16-12-19(27)24-21(22-16)26-18(11-14(4)25-26)23-20(28)15-7-9-17(10-8-15)29-13(2)3/h7-11,13,16,21-22H,5-6,12H2,1-4H3,(H,23,28)(H,24,27). The van der Waals surface area contributed by atoms with E-state index in [2.05, 4.69) is 28.0 Å². The first kappa shape index (κ1) is 20.9. The third-order valence-corrected chi connectivity index (χ3v) is 4.59. The van der Waals surface area contributed by atoms with E-state index in [-0.39, 0.29) is 24.0 Å². The molecule has 2 unspecified atom stereocenters. The monoisotopic (exact) mass is 399 g/mol. The molecule has 1 aromatic carbocycles. The van der Waals surface area contributed by atoms with Crippen LogP contribution in [0.4, 0.5) is 5.82 Å². The van der Waals surface area contributed by atoms with Gasteiger partial charge >= 0.3 is 0 Å². The van der Waals surface area contributed by atoms with Gasteiger partial charge in [0.1, 0.15) is 11.6 Å². The molecular weight excluding hydrogens is 370 g/mol. The largest absolute Gasteiger partial charge is 0.491 e. The number of nitrogens with zero attached hydrogens (tertiary/aromatic N) is 2. The molecule has 0 bridgehead atoms. The number of aromatic nitrogens is 2. The van der Waals surface area contributed by atoms with Gasteiger partial charge in [-0.05, 0) is 51.5 Å². The third kappa shape index (κ3) is 5.35. The van der Waals surface area contributed by atoms with Gasteiger partial charge in [-0.1, -0.05) is 13.3 Å². The van der Waals surface area contributed by atoms with Gasteiger partial charge in [0.15, 0.2) is 6.29 Å². The average molecular weight is 399 g/mol. The fourth-order valence-corrected chi connectivity index (χ4v) is 3.38. The molecule has 1 aromatic heterocycles. The van der Waals surface area contributed by atoms with Crippen molar-refractivity contribution in [3.63, 3.8) is 0 Å². The summed E-state index contributed by atoms with van der Waals surface area (Å²) in [6, 6.07) is 8.86. The lowest BCUT2D eigenvalue weighted by atomic mass is 10.1. The quantitative estimate of drug-likeness (QED) is 0.665. The summed E-state index contributed by atoms with van der Waals surface area (Å²) in [4.78, 5) is 24.8. The smallest absolute Gasteiger partial charge is 0.256 e. The number of hydrogen-bond acceptors (Lipinski definition) is 5. The van der Waals surface area contributed by atoms with Gasteiger partial charge in [0.05, 0.1) is 11.8 Å². The number of carbonyl (C=O) groups is 2. The van der Waals surface area contributed by atoms with Gasteiger partial charge in [0.2, 0.25) is 5.91 Å². The summed E-state index contributed by atoms with van der Waals surface area (Å²) in [5.41, 5.74) is 1.26. The van der Waals surface area contributed by atoms with Crippen molar-refractivity contribution in [3.05, 3.63) is 41.6 Å². The van der Waals surface area contributed by atoms with E-state index < -0.39 is 6.29 Å². The first-order chi connectivity index (χ1) is 13.9. The molecule has 8 nitrogen and oxygen atoms in total. The maximum absolute atomic E-state index is 12.7. The lowest BCUT2D eigenvalue weighted by Gasteiger charge is -2.32. The highest BCUT2D eigenvalue weighted by Crippen LogP contribution is 2.20. The fourth-order valence-electron chi connectivity index (χ4n) is 3.38. The average Bonchev–Trinajstić information content (AvgIpc) is 3.02. The maximum Gasteiger partial charge on any atom is 0.256 e. The fraction of sp³-hybridized carbons (Fsp3) is 0.476. The predicted molar refractivity (Wildman–Crippen MR) is 111 cm³/mol. The first-order valence-electron chi connectivity index (χ1n) is 10.1. The van der Waals surface area contributed by atoms with Crippen LogP contribution in [-0.2, 0) is 4.79 Å². The highest BCUT2D eigenvalue weighted by molar-refractivity contribution is 6.03. The minimum absolute atomic E-state index is 0.0293. The zero-order valence-electron chi connectivity index (χ0n) is 17.4. The second-order valence-electron chi connectivity index (χ2n) is 7.59. The van der Waals surface area contributed by atoms with Crippen LogP contribution >= 0.6 is 0 Å². The van der Waals surface area contributed by atoms with E-state index in [9.17, 15) is 9.59 Å². The predicted octanol–water partition coefficient (Wildman–Crippen LogP) is 2.97. The zero-order valence-corrected chi connectivity index (χ0v) is 17.4. The van der Waals surface area contributed by atoms with E-state index in [0.29, 0.717) is 23.6 Å². The van der Waals surface area contributed by atoms with Crippen LogP contribution in [0.5, 0.6) is 5.75 Å². The summed E-state index contributed by atoms with van der Waals surface area (Å²) in [6.45, 7) is 7.84. The molecule has 2 aromatic rings. The Bertz CT molecular complexity index is 860. The molecule has 0 aliphatic carbocycles. The van der Waals surface area contributed by atoms with Crippen LogP contribution in [0, 0.1) is 6.92 Å². The number of benzene rings is 1. The molecule has 29 heavy (non-hydrogen) atoms. The topological polar surface area (TPSA) is 97.3 Å². The van der Waals surface area contributed by atoms with E-state index in [1.807, 2.05) is 20.8 Å². The minimum atomic E-state index is -0.501. The van der Waals surface area contributed by atoms with Crippen LogP contribution in [0.1, 0.15) is 62.4 Å². The molecule has 2 heterocycles. The van der Waals surface area contributed by atoms with Crippen molar-refractivity contribution >= 4 is 17.6 Å². The number of ether oxygens (including phenoxy) is 1. The number of nitrogens with one attached hydrogen (secondary N) is 3. The molecule has 3 rings (SSSR count). The van der Waals surface area contributed by atoms with Crippen molar-refractivity contribution < 1.29 is 14.3 Å². The molecular formula is C21H29N5O3. The first-order valence-corrected chi connectivity index (χ1v) is 10.1. The molecule has 0 spiro atoms. The van der Waals surface area contributed by atoms with E-state index in [0.717, 1.165) is 18.5 Å². The molecule has 8 heteroatoms. The Morgan fingerprint density at radius 2 is 2.07 bits per heavy atom. The van der Waals surface area contributed by atoms with E-state index in [4.69, 9.17) is 4.74 Å². The number of rotatable bonds is 7. The van der Waals surface area contributed by atoms with Gasteiger partial charge in [-0.15, -0.1) is 0 Å².